The Morgan fingerprint density at radius 1 is 1.08 bits per heavy atom. The second-order valence-electron chi connectivity index (χ2n) is 6.16. The molecule has 1 aliphatic heterocycles. The predicted octanol–water partition coefficient (Wildman–Crippen LogP) is 3.19. The molecule has 0 bridgehead atoms. The molecule has 1 nitrogen and oxygen atoms in total. The van der Waals surface area contributed by atoms with Crippen molar-refractivity contribution in [2.45, 2.75) is 53.5 Å². The van der Waals surface area contributed by atoms with Gasteiger partial charge in [-0.3, -0.25) is 4.90 Å². The van der Waals surface area contributed by atoms with Gasteiger partial charge in [-0.25, -0.2) is 0 Å². The van der Waals surface area contributed by atoms with Crippen LogP contribution in [0, 0.1) is 17.9 Å². The molecule has 0 aromatic rings. The summed E-state index contributed by atoms with van der Waals surface area (Å²) in [4.78, 5) is 2.36. The van der Waals surface area contributed by atoms with E-state index >= 15 is 0 Å². The van der Waals surface area contributed by atoms with Gasteiger partial charge in [0.1, 0.15) is 0 Å². The van der Waals surface area contributed by atoms with Gasteiger partial charge in [0, 0.05) is 5.54 Å². The first-order valence-corrected chi connectivity index (χ1v) is 5.25. The fourth-order valence-corrected chi connectivity index (χ4v) is 1.73. The lowest BCUT2D eigenvalue weighted by Crippen LogP contribution is -2.37. The minimum absolute atomic E-state index is 0.250. The Labute approximate surface area is 83.5 Å². The number of nitrogens with zero attached hydrogens (tertiary/aromatic N) is 1. The van der Waals surface area contributed by atoms with Crippen molar-refractivity contribution >= 4 is 0 Å². The summed E-state index contributed by atoms with van der Waals surface area (Å²) < 4.78 is 0. The monoisotopic (exact) mass is 181 g/mol. The zero-order chi connectivity index (χ0) is 10.3. The molecule has 1 heterocycles. The standard InChI is InChI=1S/C12H23N/c1-11(2,3)10-7-8-13(9-10)12(4,5)6/h10H,7-8H2,1-6H3. The second-order valence-corrected chi connectivity index (χ2v) is 6.16. The van der Waals surface area contributed by atoms with Crippen LogP contribution in [-0.2, 0) is 0 Å². The molecule has 0 amide bonds. The summed E-state index contributed by atoms with van der Waals surface area (Å²) in [6.45, 7) is 18.4. The van der Waals surface area contributed by atoms with E-state index in [0.29, 0.717) is 11.3 Å². The zero-order valence-electron chi connectivity index (χ0n) is 9.94. The molecule has 1 aliphatic rings. The van der Waals surface area contributed by atoms with Gasteiger partial charge in [-0.2, -0.15) is 0 Å². The molecule has 0 aliphatic carbocycles. The SMILES string of the molecule is CC(C)(C)C1[C]N(C(C)(C)C)CC1. The van der Waals surface area contributed by atoms with Gasteiger partial charge >= 0.3 is 0 Å². The molecule has 13 heavy (non-hydrogen) atoms. The third-order valence-electron chi connectivity index (χ3n) is 2.81. The topological polar surface area (TPSA) is 3.24 Å². The van der Waals surface area contributed by atoms with Crippen molar-refractivity contribution < 1.29 is 0 Å². The lowest BCUT2D eigenvalue weighted by molar-refractivity contribution is 0.192. The van der Waals surface area contributed by atoms with Crippen molar-refractivity contribution in [1.29, 1.82) is 0 Å². The molecule has 0 spiro atoms. The van der Waals surface area contributed by atoms with Gasteiger partial charge in [0.2, 0.25) is 0 Å². The highest BCUT2D eigenvalue weighted by atomic mass is 15.2. The maximum atomic E-state index is 3.60. The quantitative estimate of drug-likeness (QED) is 0.555. The van der Waals surface area contributed by atoms with Crippen molar-refractivity contribution in [3.8, 4) is 0 Å². The molecule has 0 saturated carbocycles. The minimum atomic E-state index is 0.250. The highest BCUT2D eigenvalue weighted by molar-refractivity contribution is 4.96. The van der Waals surface area contributed by atoms with Crippen LogP contribution >= 0.6 is 0 Å². The summed E-state index contributed by atoms with van der Waals surface area (Å²) in [5.41, 5.74) is 0.625. The van der Waals surface area contributed by atoms with E-state index in [1.807, 2.05) is 0 Å². The fraction of sp³-hybridized carbons (Fsp3) is 0.917. The molecule has 1 fully saturated rings. The summed E-state index contributed by atoms with van der Waals surface area (Å²) >= 11 is 0. The highest BCUT2D eigenvalue weighted by Gasteiger charge is 2.36. The summed E-state index contributed by atoms with van der Waals surface area (Å²) in [5, 5.41) is 0. The van der Waals surface area contributed by atoms with Crippen LogP contribution in [0.4, 0.5) is 0 Å². The van der Waals surface area contributed by atoms with E-state index in [1.165, 1.54) is 13.0 Å². The molecule has 2 radical (unpaired) electrons. The number of hydrogen-bond acceptors (Lipinski definition) is 1. The van der Waals surface area contributed by atoms with E-state index < -0.39 is 0 Å². The Morgan fingerprint density at radius 3 is 1.85 bits per heavy atom. The van der Waals surface area contributed by atoms with Crippen molar-refractivity contribution in [3.63, 3.8) is 0 Å². The number of rotatable bonds is 0. The normalized spacial score (nSPS) is 26.8. The highest BCUT2D eigenvalue weighted by Crippen LogP contribution is 2.38. The van der Waals surface area contributed by atoms with Crippen LogP contribution in [0.1, 0.15) is 48.0 Å². The summed E-state index contributed by atoms with van der Waals surface area (Å²) in [7, 11) is 0. The van der Waals surface area contributed by atoms with Crippen LogP contribution in [0.25, 0.3) is 0 Å². The van der Waals surface area contributed by atoms with Gasteiger partial charge < -0.3 is 0 Å². The summed E-state index contributed by atoms with van der Waals surface area (Å²) in [5.74, 6) is 0.631. The predicted molar refractivity (Wildman–Crippen MR) is 57.3 cm³/mol. The average molecular weight is 181 g/mol. The Morgan fingerprint density at radius 2 is 1.62 bits per heavy atom. The van der Waals surface area contributed by atoms with Crippen LogP contribution in [-0.4, -0.2) is 17.0 Å². The van der Waals surface area contributed by atoms with Gasteiger partial charge in [-0.05, 0) is 45.1 Å². The van der Waals surface area contributed by atoms with Crippen LogP contribution in [0.2, 0.25) is 0 Å². The first kappa shape index (κ1) is 11.0. The molecule has 0 aromatic carbocycles. The van der Waals surface area contributed by atoms with Gasteiger partial charge in [-0.15, -0.1) is 0 Å². The first-order chi connectivity index (χ1) is 5.71. The molecule has 1 rings (SSSR count). The third kappa shape index (κ3) is 2.70. The fourth-order valence-electron chi connectivity index (χ4n) is 1.73. The van der Waals surface area contributed by atoms with E-state index in [2.05, 4.69) is 53.0 Å². The molecule has 1 atom stereocenters. The van der Waals surface area contributed by atoms with E-state index in [9.17, 15) is 0 Å². The maximum absolute atomic E-state index is 3.60. The van der Waals surface area contributed by atoms with E-state index in [-0.39, 0.29) is 5.54 Å². The second kappa shape index (κ2) is 3.27. The molecule has 76 valence electrons. The van der Waals surface area contributed by atoms with Crippen molar-refractivity contribution in [2.75, 3.05) is 6.54 Å². The van der Waals surface area contributed by atoms with Crippen LogP contribution in [0.15, 0.2) is 0 Å². The van der Waals surface area contributed by atoms with E-state index in [0.717, 1.165) is 0 Å². The van der Waals surface area contributed by atoms with Gasteiger partial charge in [0.15, 0.2) is 0 Å². The zero-order valence-corrected chi connectivity index (χ0v) is 9.94. The minimum Gasteiger partial charge on any atom is -0.289 e. The van der Waals surface area contributed by atoms with Gasteiger partial charge in [0.25, 0.3) is 0 Å². The van der Waals surface area contributed by atoms with Crippen LogP contribution in [0.5, 0.6) is 0 Å². The molecule has 1 unspecified atom stereocenters. The molecule has 0 aromatic heterocycles. The number of likely N-dealkylation sites (tertiary alicyclic amines) is 1. The smallest absolute Gasteiger partial charge is 0.0660 e. The van der Waals surface area contributed by atoms with Gasteiger partial charge in [0.05, 0.1) is 6.54 Å². The Kier molecular flexibility index (Phi) is 2.78. The van der Waals surface area contributed by atoms with Crippen molar-refractivity contribution in [1.82, 2.24) is 4.90 Å². The van der Waals surface area contributed by atoms with Crippen LogP contribution in [0.3, 0.4) is 0 Å². The molecule has 0 N–H and O–H groups in total. The van der Waals surface area contributed by atoms with E-state index in [4.69, 9.17) is 0 Å². The summed E-state index contributed by atoms with van der Waals surface area (Å²) in [6, 6.07) is 0. The third-order valence-corrected chi connectivity index (χ3v) is 2.81. The van der Waals surface area contributed by atoms with Gasteiger partial charge in [-0.1, -0.05) is 20.8 Å². The number of hydrogen-bond donors (Lipinski definition) is 0. The Balaban J connectivity index is 2.55. The Bertz CT molecular complexity index is 151. The lowest BCUT2D eigenvalue weighted by Gasteiger charge is -2.32. The van der Waals surface area contributed by atoms with E-state index in [1.54, 1.807) is 0 Å². The molecular formula is C12H23N. The molecular weight excluding hydrogens is 158 g/mol. The van der Waals surface area contributed by atoms with Crippen molar-refractivity contribution in [3.05, 3.63) is 6.54 Å². The lowest BCUT2D eigenvalue weighted by atomic mass is 9.80. The average Bonchev–Trinajstić information content (AvgIpc) is 2.28. The molecule has 1 heteroatoms. The van der Waals surface area contributed by atoms with Crippen LogP contribution < -0.4 is 0 Å². The largest absolute Gasteiger partial charge is 0.289 e. The molecule has 1 saturated heterocycles. The summed E-state index contributed by atoms with van der Waals surface area (Å²) in [6.07, 6.45) is 1.26. The maximum Gasteiger partial charge on any atom is 0.0660 e. The first-order valence-electron chi connectivity index (χ1n) is 5.25. The van der Waals surface area contributed by atoms with Crippen molar-refractivity contribution in [2.24, 2.45) is 11.3 Å². The Hall–Kier alpha value is -0.0400.